The Morgan fingerprint density at radius 1 is 1.42 bits per heavy atom. The van der Waals surface area contributed by atoms with Gasteiger partial charge in [-0.1, -0.05) is 30.3 Å². The molecule has 5 nitrogen and oxygen atoms in total. The van der Waals surface area contributed by atoms with Crippen molar-refractivity contribution in [2.75, 3.05) is 31.8 Å². The number of hydrogen-bond donors (Lipinski definition) is 0. The first-order chi connectivity index (χ1) is 11.7. The second-order valence-corrected chi connectivity index (χ2v) is 7.14. The highest BCUT2D eigenvalue weighted by Crippen LogP contribution is 2.31. The van der Waals surface area contributed by atoms with Crippen molar-refractivity contribution < 1.29 is 14.3 Å². The molecule has 1 aromatic heterocycles. The number of aromatic nitrogens is 2. The minimum atomic E-state index is -0.331. The van der Waals surface area contributed by atoms with Gasteiger partial charge in [-0.2, -0.15) is 11.8 Å². The van der Waals surface area contributed by atoms with Crippen LogP contribution in [0.2, 0.25) is 0 Å². The van der Waals surface area contributed by atoms with E-state index in [2.05, 4.69) is 11.2 Å². The third-order valence-electron chi connectivity index (χ3n) is 4.35. The van der Waals surface area contributed by atoms with Crippen LogP contribution in [0.25, 0.3) is 0 Å². The maximum Gasteiger partial charge on any atom is 0.356 e. The van der Waals surface area contributed by atoms with Gasteiger partial charge in [0.2, 0.25) is 0 Å². The molecule has 0 spiro atoms. The molecule has 1 aliphatic rings. The van der Waals surface area contributed by atoms with Crippen LogP contribution >= 0.6 is 11.8 Å². The van der Waals surface area contributed by atoms with E-state index in [0.717, 1.165) is 11.3 Å². The van der Waals surface area contributed by atoms with Crippen LogP contribution in [-0.2, 0) is 9.47 Å². The summed E-state index contributed by atoms with van der Waals surface area (Å²) in [7, 11) is 0. The van der Waals surface area contributed by atoms with Crippen molar-refractivity contribution in [2.45, 2.75) is 13.0 Å². The Morgan fingerprint density at radius 3 is 2.79 bits per heavy atom. The van der Waals surface area contributed by atoms with Crippen molar-refractivity contribution in [3.05, 3.63) is 54.1 Å². The number of carbonyl (C=O) groups is 1. The Labute approximate surface area is 146 Å². The van der Waals surface area contributed by atoms with Crippen LogP contribution in [-0.4, -0.2) is 47.3 Å². The van der Waals surface area contributed by atoms with Crippen molar-refractivity contribution >= 4 is 17.7 Å². The second-order valence-electron chi connectivity index (χ2n) is 6.27. The Balaban J connectivity index is 1.69. The molecule has 1 aromatic carbocycles. The van der Waals surface area contributed by atoms with E-state index in [0.29, 0.717) is 25.5 Å². The number of thioether (sulfide) groups is 1. The van der Waals surface area contributed by atoms with E-state index in [1.54, 1.807) is 24.3 Å². The molecule has 1 aliphatic heterocycles. The average Bonchev–Trinajstić information content (AvgIpc) is 3.06. The van der Waals surface area contributed by atoms with Gasteiger partial charge in [-0.3, -0.25) is 0 Å². The van der Waals surface area contributed by atoms with Crippen LogP contribution in [0.3, 0.4) is 0 Å². The molecule has 6 heteroatoms. The molecule has 0 aliphatic carbocycles. The highest BCUT2D eigenvalue weighted by Gasteiger charge is 2.40. The Bertz CT molecular complexity index is 683. The molecule has 0 bridgehead atoms. The molecule has 0 saturated carbocycles. The van der Waals surface area contributed by atoms with Crippen molar-refractivity contribution in [1.29, 1.82) is 0 Å². The first-order valence-corrected chi connectivity index (χ1v) is 9.35. The summed E-state index contributed by atoms with van der Waals surface area (Å²) in [6.45, 7) is 3.74. The second kappa shape index (κ2) is 7.40. The topological polar surface area (TPSA) is 53.3 Å². The van der Waals surface area contributed by atoms with Gasteiger partial charge in [-0.15, -0.1) is 0 Å². The lowest BCUT2D eigenvalue weighted by molar-refractivity contribution is -0.124. The lowest BCUT2D eigenvalue weighted by Crippen LogP contribution is -2.48. The largest absolute Gasteiger partial charge is 0.460 e. The fourth-order valence-corrected chi connectivity index (χ4v) is 3.72. The van der Waals surface area contributed by atoms with Gasteiger partial charge in [0.25, 0.3) is 0 Å². The Hall–Kier alpha value is -1.79. The number of ether oxygens (including phenoxy) is 2. The predicted octanol–water partition coefficient (Wildman–Crippen LogP) is 3.03. The summed E-state index contributed by atoms with van der Waals surface area (Å²) < 4.78 is 12.7. The predicted molar refractivity (Wildman–Crippen MR) is 94.4 cm³/mol. The number of rotatable bonds is 7. The van der Waals surface area contributed by atoms with Gasteiger partial charge in [0, 0.05) is 5.75 Å². The third kappa shape index (κ3) is 3.49. The number of nitrogens with zero attached hydrogens (tertiary/aromatic N) is 2. The fourth-order valence-electron chi connectivity index (χ4n) is 2.86. The molecule has 128 valence electrons. The summed E-state index contributed by atoms with van der Waals surface area (Å²) in [5.74, 6) is 0.600. The summed E-state index contributed by atoms with van der Waals surface area (Å²) in [5, 5.41) is 0. The van der Waals surface area contributed by atoms with E-state index in [1.165, 1.54) is 0 Å². The molecule has 2 aromatic rings. The van der Waals surface area contributed by atoms with Gasteiger partial charge in [0.15, 0.2) is 0 Å². The first kappa shape index (κ1) is 17.0. The smallest absolute Gasteiger partial charge is 0.356 e. The van der Waals surface area contributed by atoms with Gasteiger partial charge < -0.3 is 14.0 Å². The van der Waals surface area contributed by atoms with E-state index in [9.17, 15) is 4.79 Å². The lowest BCUT2D eigenvalue weighted by atomic mass is 9.89. The summed E-state index contributed by atoms with van der Waals surface area (Å²) in [5.41, 5.74) is 1.56. The molecule has 0 amide bonds. The van der Waals surface area contributed by atoms with Gasteiger partial charge in [-0.25, -0.2) is 9.78 Å². The lowest BCUT2D eigenvalue weighted by Gasteiger charge is -2.40. The Kier molecular flexibility index (Phi) is 5.26. The van der Waals surface area contributed by atoms with Crippen LogP contribution in [0.15, 0.2) is 42.9 Å². The normalized spacial score (nSPS) is 17.1. The molecule has 0 radical (unpaired) electrons. The molecular weight excluding hydrogens is 324 g/mol. The zero-order chi connectivity index (χ0) is 17.0. The molecular formula is C18H22N2O3S. The van der Waals surface area contributed by atoms with E-state index < -0.39 is 0 Å². The molecule has 3 rings (SSSR count). The van der Waals surface area contributed by atoms with E-state index in [4.69, 9.17) is 9.47 Å². The zero-order valence-corrected chi connectivity index (χ0v) is 14.8. The van der Waals surface area contributed by atoms with E-state index >= 15 is 0 Å². The summed E-state index contributed by atoms with van der Waals surface area (Å²) in [4.78, 5) is 16.7. The molecule has 0 N–H and O–H groups in total. The van der Waals surface area contributed by atoms with Gasteiger partial charge in [0.1, 0.15) is 12.3 Å². The van der Waals surface area contributed by atoms with Crippen LogP contribution < -0.4 is 0 Å². The summed E-state index contributed by atoms with van der Waals surface area (Å²) in [6, 6.07) is 10.1. The average molecular weight is 346 g/mol. The quantitative estimate of drug-likeness (QED) is 0.721. The Morgan fingerprint density at radius 2 is 2.17 bits per heavy atom. The molecule has 1 unspecified atom stereocenters. The maximum absolute atomic E-state index is 12.5. The number of hydrogen-bond acceptors (Lipinski definition) is 5. The third-order valence-corrected chi connectivity index (χ3v) is 5.25. The highest BCUT2D eigenvalue weighted by atomic mass is 32.2. The van der Waals surface area contributed by atoms with Crippen molar-refractivity contribution in [2.24, 2.45) is 5.41 Å². The minimum Gasteiger partial charge on any atom is -0.460 e. The van der Waals surface area contributed by atoms with Crippen LogP contribution in [0.1, 0.15) is 29.0 Å². The van der Waals surface area contributed by atoms with Crippen molar-refractivity contribution in [3.63, 3.8) is 0 Å². The van der Waals surface area contributed by atoms with Crippen LogP contribution in [0, 0.1) is 5.41 Å². The van der Waals surface area contributed by atoms with E-state index in [-0.39, 0.29) is 17.4 Å². The molecule has 1 atom stereocenters. The number of carbonyl (C=O) groups excluding carboxylic acids is 1. The number of benzene rings is 1. The summed E-state index contributed by atoms with van der Waals surface area (Å²) >= 11 is 1.75. The zero-order valence-electron chi connectivity index (χ0n) is 14.0. The van der Waals surface area contributed by atoms with Crippen LogP contribution in [0.4, 0.5) is 0 Å². The standard InChI is InChI=1S/C18H22N2O3S/c1-14(15-6-4-3-5-7-15)20-13-19-8-16(20)17(21)23-11-18(12-24-2)9-22-10-18/h3-8,13-14H,9-12H2,1-2H3. The summed E-state index contributed by atoms with van der Waals surface area (Å²) in [6.07, 6.45) is 5.30. The molecule has 24 heavy (non-hydrogen) atoms. The maximum atomic E-state index is 12.5. The number of imidazole rings is 1. The minimum absolute atomic E-state index is 0.0171. The molecule has 2 heterocycles. The van der Waals surface area contributed by atoms with Gasteiger partial charge >= 0.3 is 5.97 Å². The molecule has 1 fully saturated rings. The van der Waals surface area contributed by atoms with E-state index in [1.807, 2.05) is 41.8 Å². The van der Waals surface area contributed by atoms with Gasteiger partial charge in [-0.05, 0) is 18.7 Å². The monoisotopic (exact) mass is 346 g/mol. The first-order valence-electron chi connectivity index (χ1n) is 7.96. The van der Waals surface area contributed by atoms with Crippen molar-refractivity contribution in [1.82, 2.24) is 9.55 Å². The number of esters is 1. The fraction of sp³-hybridized carbons (Fsp3) is 0.444. The van der Waals surface area contributed by atoms with Crippen LogP contribution in [0.5, 0.6) is 0 Å². The molecule has 1 saturated heterocycles. The van der Waals surface area contributed by atoms with Crippen molar-refractivity contribution in [3.8, 4) is 0 Å². The highest BCUT2D eigenvalue weighted by molar-refractivity contribution is 7.98. The SMILES string of the molecule is CSCC1(COC(=O)c2cncn2C(C)c2ccccc2)COC1. The van der Waals surface area contributed by atoms with Gasteiger partial charge in [0.05, 0.1) is 37.2 Å².